The summed E-state index contributed by atoms with van der Waals surface area (Å²) >= 11 is 0. The van der Waals surface area contributed by atoms with Gasteiger partial charge in [-0.3, -0.25) is 19.2 Å². The SMILES string of the molecule is CNCCC[C@@H]1NC(=O)[C@@H](NC)Cc2cc(ccc2O)-c2ccc(O)c(c2)C[C@@H](C(=O)N2C[C@H](O)C[C@H]2C(=O)NCCNC)NC1=O. The summed E-state index contributed by atoms with van der Waals surface area (Å²) in [5.41, 5.74) is 2.27. The van der Waals surface area contributed by atoms with Gasteiger partial charge in [0.25, 0.3) is 0 Å². The Bertz CT molecular complexity index is 1440. The number of likely N-dealkylation sites (N-methyl/N-ethyl adjacent to an activating group) is 2. The van der Waals surface area contributed by atoms with Gasteiger partial charge in [-0.2, -0.15) is 0 Å². The summed E-state index contributed by atoms with van der Waals surface area (Å²) in [5.74, 6) is -2.17. The Morgan fingerprint density at radius 1 is 0.872 bits per heavy atom. The molecule has 0 aliphatic carbocycles. The number of aliphatic hydroxyl groups excluding tert-OH is 1. The second-order valence-electron chi connectivity index (χ2n) is 12.1. The van der Waals surface area contributed by atoms with E-state index in [2.05, 4.69) is 31.9 Å². The molecule has 4 bridgehead atoms. The van der Waals surface area contributed by atoms with Crippen LogP contribution in [-0.2, 0) is 32.0 Å². The van der Waals surface area contributed by atoms with Crippen molar-refractivity contribution in [3.63, 3.8) is 0 Å². The Balaban J connectivity index is 1.76. The van der Waals surface area contributed by atoms with Crippen LogP contribution in [0, 0.1) is 0 Å². The van der Waals surface area contributed by atoms with Crippen molar-refractivity contribution in [2.24, 2.45) is 0 Å². The summed E-state index contributed by atoms with van der Waals surface area (Å²) in [6.07, 6.45) is -0.104. The number of hydrogen-bond acceptors (Lipinski definition) is 10. The van der Waals surface area contributed by atoms with Crippen molar-refractivity contribution in [3.8, 4) is 22.6 Å². The molecular formula is C33H47N7O7. The molecule has 4 amide bonds. The molecule has 0 unspecified atom stereocenters. The van der Waals surface area contributed by atoms with Crippen LogP contribution in [0.3, 0.4) is 0 Å². The minimum atomic E-state index is -1.24. The lowest BCUT2D eigenvalue weighted by Crippen LogP contribution is -2.58. The van der Waals surface area contributed by atoms with Crippen molar-refractivity contribution in [1.82, 2.24) is 36.8 Å². The predicted octanol–water partition coefficient (Wildman–Crippen LogP) is -1.28. The van der Waals surface area contributed by atoms with Crippen LogP contribution in [-0.4, -0.2) is 121 Å². The molecule has 0 saturated carbocycles. The van der Waals surface area contributed by atoms with E-state index in [0.717, 1.165) is 0 Å². The maximum atomic E-state index is 14.2. The quantitative estimate of drug-likeness (QED) is 0.139. The van der Waals surface area contributed by atoms with Crippen LogP contribution >= 0.6 is 0 Å². The van der Waals surface area contributed by atoms with E-state index < -0.39 is 53.9 Å². The molecule has 0 spiro atoms. The second kappa shape index (κ2) is 16.5. The standard InChI is InChI=1S/C33H47N7O7/c1-34-10-4-5-24-30(44)39-26(33(47)40-18-23(41)17-27(40)32(46)37-12-11-35-2)16-22-14-20(7-9-29(22)43)19-6-8-28(42)21(13-19)15-25(36-3)31(45)38-24/h6-9,13-14,23-27,34-36,41-43H,4-5,10-12,15-18H2,1-3H3,(H,37,46)(H,38,45)(H,39,44)/t23-,24+,25+,26+,27+/m1/s1. The molecule has 1 fully saturated rings. The van der Waals surface area contributed by atoms with E-state index in [1.807, 2.05) is 0 Å². The van der Waals surface area contributed by atoms with Crippen molar-refractivity contribution in [2.45, 2.75) is 62.4 Å². The fourth-order valence-electron chi connectivity index (χ4n) is 6.05. The Morgan fingerprint density at radius 2 is 1.51 bits per heavy atom. The van der Waals surface area contributed by atoms with Gasteiger partial charge in [0.2, 0.25) is 23.6 Å². The number of nitrogens with one attached hydrogen (secondary N) is 6. The number of carbonyl (C=O) groups excluding carboxylic acids is 4. The molecule has 47 heavy (non-hydrogen) atoms. The molecule has 2 aliphatic heterocycles. The van der Waals surface area contributed by atoms with Gasteiger partial charge >= 0.3 is 0 Å². The third-order valence-electron chi connectivity index (χ3n) is 8.71. The second-order valence-corrected chi connectivity index (χ2v) is 12.1. The number of phenolic OH excluding ortho intramolecular Hbond substituents is 2. The summed E-state index contributed by atoms with van der Waals surface area (Å²) < 4.78 is 0. The monoisotopic (exact) mass is 653 g/mol. The number of β-amino-alcohol motifs (C(OH)–C–C–N with tert-alkyl or cyclic N) is 1. The normalized spacial score (nSPS) is 23.3. The zero-order valence-corrected chi connectivity index (χ0v) is 27.1. The van der Waals surface area contributed by atoms with Crippen LogP contribution in [0.25, 0.3) is 11.1 Å². The topological polar surface area (TPSA) is 204 Å². The number of hydrogen-bond donors (Lipinski definition) is 9. The van der Waals surface area contributed by atoms with Crippen molar-refractivity contribution in [1.29, 1.82) is 0 Å². The van der Waals surface area contributed by atoms with Gasteiger partial charge in [0.05, 0.1) is 12.1 Å². The molecule has 9 N–H and O–H groups in total. The average molecular weight is 654 g/mol. The largest absolute Gasteiger partial charge is 0.508 e. The van der Waals surface area contributed by atoms with E-state index in [1.165, 1.54) is 17.0 Å². The first-order valence-electron chi connectivity index (χ1n) is 16.0. The highest BCUT2D eigenvalue weighted by Crippen LogP contribution is 2.31. The van der Waals surface area contributed by atoms with Gasteiger partial charge < -0.3 is 52.1 Å². The first-order valence-corrected chi connectivity index (χ1v) is 16.0. The number of phenols is 2. The van der Waals surface area contributed by atoms with E-state index in [1.54, 1.807) is 45.4 Å². The number of aliphatic hydroxyl groups is 1. The molecule has 2 aromatic rings. The van der Waals surface area contributed by atoms with Gasteiger partial charge in [-0.05, 0) is 87.0 Å². The Labute approximate surface area is 274 Å². The molecule has 2 heterocycles. The van der Waals surface area contributed by atoms with Crippen LogP contribution in [0.2, 0.25) is 0 Å². The molecule has 0 radical (unpaired) electrons. The number of amides is 4. The van der Waals surface area contributed by atoms with Crippen molar-refractivity contribution >= 4 is 23.6 Å². The van der Waals surface area contributed by atoms with Crippen LogP contribution in [0.1, 0.15) is 30.4 Å². The van der Waals surface area contributed by atoms with Gasteiger partial charge in [-0.1, -0.05) is 12.1 Å². The molecule has 14 nitrogen and oxygen atoms in total. The first-order chi connectivity index (χ1) is 22.6. The number of carbonyl (C=O) groups is 4. The summed E-state index contributed by atoms with van der Waals surface area (Å²) in [4.78, 5) is 56.0. The van der Waals surface area contributed by atoms with Gasteiger partial charge in [-0.15, -0.1) is 0 Å². The van der Waals surface area contributed by atoms with Crippen LogP contribution in [0.5, 0.6) is 11.5 Å². The predicted molar refractivity (Wildman–Crippen MR) is 176 cm³/mol. The summed E-state index contributed by atoms with van der Waals surface area (Å²) in [7, 11) is 5.14. The molecule has 5 atom stereocenters. The third kappa shape index (κ3) is 8.98. The fraction of sp³-hybridized carbons (Fsp3) is 0.515. The van der Waals surface area contributed by atoms with Crippen LogP contribution in [0.15, 0.2) is 36.4 Å². The van der Waals surface area contributed by atoms with Crippen molar-refractivity contribution < 1.29 is 34.5 Å². The minimum Gasteiger partial charge on any atom is -0.508 e. The third-order valence-corrected chi connectivity index (χ3v) is 8.71. The number of fused-ring (bicyclic) bond motifs is 5. The lowest BCUT2D eigenvalue weighted by molar-refractivity contribution is -0.142. The van der Waals surface area contributed by atoms with Crippen LogP contribution in [0.4, 0.5) is 0 Å². The number of rotatable bonds is 10. The highest BCUT2D eigenvalue weighted by atomic mass is 16.3. The summed E-state index contributed by atoms with van der Waals surface area (Å²) in [6, 6.07) is 5.92. The maximum absolute atomic E-state index is 14.2. The average Bonchev–Trinajstić information content (AvgIpc) is 3.45. The van der Waals surface area contributed by atoms with Crippen molar-refractivity contribution in [2.75, 3.05) is 47.3 Å². The summed E-state index contributed by atoms with van der Waals surface area (Å²) in [6.45, 7) is 1.31. The van der Waals surface area contributed by atoms with Gasteiger partial charge in [0.15, 0.2) is 0 Å². The molecule has 2 aromatic carbocycles. The van der Waals surface area contributed by atoms with E-state index in [9.17, 15) is 34.5 Å². The summed E-state index contributed by atoms with van der Waals surface area (Å²) in [5, 5.41) is 49.4. The molecule has 0 aromatic heterocycles. The van der Waals surface area contributed by atoms with E-state index in [4.69, 9.17) is 0 Å². The number of likely N-dealkylation sites (tertiary alicyclic amines) is 1. The smallest absolute Gasteiger partial charge is 0.246 e. The highest BCUT2D eigenvalue weighted by Gasteiger charge is 2.42. The Kier molecular flexibility index (Phi) is 12.5. The first kappa shape index (κ1) is 35.6. The Morgan fingerprint density at radius 3 is 2.13 bits per heavy atom. The van der Waals surface area contributed by atoms with Crippen molar-refractivity contribution in [3.05, 3.63) is 47.5 Å². The van der Waals surface area contributed by atoms with Gasteiger partial charge in [0, 0.05) is 38.9 Å². The van der Waals surface area contributed by atoms with Crippen LogP contribution < -0.4 is 31.9 Å². The fourth-order valence-corrected chi connectivity index (χ4v) is 6.05. The number of aromatic hydroxyl groups is 2. The number of benzene rings is 2. The van der Waals surface area contributed by atoms with Gasteiger partial charge in [0.1, 0.15) is 29.6 Å². The lowest BCUT2D eigenvalue weighted by Gasteiger charge is -2.30. The van der Waals surface area contributed by atoms with E-state index in [0.29, 0.717) is 48.3 Å². The molecule has 4 rings (SSSR count). The molecular weight excluding hydrogens is 606 g/mol. The minimum absolute atomic E-state index is 0.0106. The van der Waals surface area contributed by atoms with Gasteiger partial charge in [-0.25, -0.2) is 0 Å². The molecule has 256 valence electrons. The highest BCUT2D eigenvalue weighted by molar-refractivity contribution is 5.95. The van der Waals surface area contributed by atoms with E-state index in [-0.39, 0.29) is 43.7 Å². The molecule has 1 saturated heterocycles. The zero-order chi connectivity index (χ0) is 34.1. The number of nitrogens with zero attached hydrogens (tertiary/aromatic N) is 1. The zero-order valence-electron chi connectivity index (χ0n) is 27.1. The van der Waals surface area contributed by atoms with E-state index >= 15 is 0 Å². The Hall–Kier alpha value is -4.24. The lowest BCUT2D eigenvalue weighted by atomic mass is 9.95. The molecule has 2 aliphatic rings. The maximum Gasteiger partial charge on any atom is 0.246 e. The molecule has 14 heteroatoms.